The summed E-state index contributed by atoms with van der Waals surface area (Å²) in [7, 11) is 0. The first-order valence-corrected chi connectivity index (χ1v) is 6.38. The first kappa shape index (κ1) is 11.3. The number of thioether (sulfide) groups is 1. The van der Waals surface area contributed by atoms with Crippen LogP contribution in [0.5, 0.6) is 0 Å². The van der Waals surface area contributed by atoms with E-state index in [4.69, 9.17) is 37.4 Å². The average Bonchev–Trinajstić information content (AvgIpc) is 2.87. The zero-order valence-corrected chi connectivity index (χ0v) is 9.86. The van der Waals surface area contributed by atoms with E-state index >= 15 is 0 Å². The number of rotatable bonds is 3. The Kier molecular flexibility index (Phi) is 4.22. The van der Waals surface area contributed by atoms with Crippen LogP contribution in [0.15, 0.2) is 0 Å². The molecule has 82 valence electrons. The van der Waals surface area contributed by atoms with Crippen LogP contribution in [-0.4, -0.2) is 48.1 Å². The Morgan fingerprint density at radius 2 is 2.00 bits per heavy atom. The molecule has 0 saturated carbocycles. The molecule has 2 rings (SSSR count). The minimum absolute atomic E-state index is 0.0830. The van der Waals surface area contributed by atoms with Gasteiger partial charge in [0.15, 0.2) is 0 Å². The molecule has 0 aromatic carbocycles. The first-order chi connectivity index (χ1) is 6.79. The van der Waals surface area contributed by atoms with Crippen LogP contribution in [0.1, 0.15) is 0 Å². The Bertz CT molecular complexity index is 163. The van der Waals surface area contributed by atoms with Crippen molar-refractivity contribution in [2.75, 3.05) is 25.9 Å². The molecule has 0 amide bonds. The predicted octanol–water partition coefficient (Wildman–Crippen LogP) is 1.66. The van der Waals surface area contributed by atoms with Crippen LogP contribution in [0, 0.1) is 0 Å². The summed E-state index contributed by atoms with van der Waals surface area (Å²) in [5, 5.41) is -0.0717. The summed E-state index contributed by atoms with van der Waals surface area (Å²) in [6.45, 7) is 1.54. The van der Waals surface area contributed by atoms with Crippen LogP contribution in [-0.2, 0) is 14.2 Å². The smallest absolute Gasteiger partial charge is 0.147 e. The summed E-state index contributed by atoms with van der Waals surface area (Å²) in [6.07, 6.45) is -0.0830. The van der Waals surface area contributed by atoms with Gasteiger partial charge in [-0.1, -0.05) is 0 Å². The third-order valence-corrected chi connectivity index (χ3v) is 4.88. The second-order valence-electron chi connectivity index (χ2n) is 3.28. The highest BCUT2D eigenvalue weighted by Crippen LogP contribution is 2.32. The van der Waals surface area contributed by atoms with Gasteiger partial charge in [-0.05, 0) is 0 Å². The van der Waals surface area contributed by atoms with Gasteiger partial charge in [0.05, 0.1) is 29.9 Å². The van der Waals surface area contributed by atoms with Crippen molar-refractivity contribution < 1.29 is 14.2 Å². The van der Waals surface area contributed by atoms with E-state index in [2.05, 4.69) is 0 Å². The third-order valence-electron chi connectivity index (χ3n) is 2.31. The molecule has 0 spiro atoms. The Labute approximate surface area is 97.4 Å². The molecule has 2 fully saturated rings. The van der Waals surface area contributed by atoms with Crippen LogP contribution in [0.3, 0.4) is 0 Å². The SMILES string of the molecule is ClC(C1COCO1)C(Cl)C1COCS1. The summed E-state index contributed by atoms with van der Waals surface area (Å²) in [6, 6.07) is 0. The highest BCUT2D eigenvalue weighted by Gasteiger charge is 2.36. The minimum Gasteiger partial charge on any atom is -0.370 e. The van der Waals surface area contributed by atoms with Gasteiger partial charge in [0, 0.05) is 5.25 Å². The quantitative estimate of drug-likeness (QED) is 0.720. The van der Waals surface area contributed by atoms with Crippen LogP contribution in [0.25, 0.3) is 0 Å². The summed E-state index contributed by atoms with van der Waals surface area (Å²) in [4.78, 5) is 0. The van der Waals surface area contributed by atoms with E-state index in [9.17, 15) is 0 Å². The van der Waals surface area contributed by atoms with Crippen LogP contribution in [0.2, 0.25) is 0 Å². The van der Waals surface area contributed by atoms with E-state index in [1.54, 1.807) is 11.8 Å². The molecule has 0 aromatic rings. The van der Waals surface area contributed by atoms with Crippen LogP contribution < -0.4 is 0 Å². The lowest BCUT2D eigenvalue weighted by molar-refractivity contribution is 0.0452. The summed E-state index contributed by atoms with van der Waals surface area (Å²) in [5.74, 6) is 0.708. The van der Waals surface area contributed by atoms with E-state index in [1.807, 2.05) is 0 Å². The van der Waals surface area contributed by atoms with Crippen molar-refractivity contribution in [3.05, 3.63) is 0 Å². The lowest BCUT2D eigenvalue weighted by Gasteiger charge is -2.23. The topological polar surface area (TPSA) is 27.7 Å². The van der Waals surface area contributed by atoms with Gasteiger partial charge in [0.1, 0.15) is 12.9 Å². The molecule has 14 heavy (non-hydrogen) atoms. The molecule has 2 aliphatic rings. The molecule has 6 heteroatoms. The van der Waals surface area contributed by atoms with E-state index in [1.165, 1.54) is 0 Å². The van der Waals surface area contributed by atoms with Crippen LogP contribution in [0.4, 0.5) is 0 Å². The molecular weight excluding hydrogens is 247 g/mol. The Balaban J connectivity index is 1.85. The first-order valence-electron chi connectivity index (χ1n) is 4.46. The minimum atomic E-state index is -0.210. The fourth-order valence-corrected chi connectivity index (χ4v) is 3.25. The zero-order chi connectivity index (χ0) is 9.97. The molecule has 4 atom stereocenters. The molecule has 0 aromatic heterocycles. The highest BCUT2D eigenvalue weighted by molar-refractivity contribution is 8.00. The van der Waals surface area contributed by atoms with E-state index < -0.39 is 0 Å². The van der Waals surface area contributed by atoms with Gasteiger partial charge in [-0.25, -0.2) is 0 Å². The van der Waals surface area contributed by atoms with E-state index in [0.29, 0.717) is 25.9 Å². The predicted molar refractivity (Wildman–Crippen MR) is 57.2 cm³/mol. The zero-order valence-electron chi connectivity index (χ0n) is 7.53. The number of hydrogen-bond donors (Lipinski definition) is 0. The third kappa shape index (κ3) is 2.49. The van der Waals surface area contributed by atoms with Crippen molar-refractivity contribution in [3.8, 4) is 0 Å². The van der Waals surface area contributed by atoms with Crippen molar-refractivity contribution in [1.82, 2.24) is 0 Å². The van der Waals surface area contributed by atoms with E-state index in [0.717, 1.165) is 0 Å². The molecule has 4 unspecified atom stereocenters. The number of ether oxygens (including phenoxy) is 3. The maximum atomic E-state index is 6.25. The lowest BCUT2D eigenvalue weighted by atomic mass is 10.1. The maximum Gasteiger partial charge on any atom is 0.147 e. The normalized spacial score (nSPS) is 37.3. The van der Waals surface area contributed by atoms with Gasteiger partial charge in [-0.3, -0.25) is 0 Å². The molecule has 2 saturated heterocycles. The van der Waals surface area contributed by atoms with Crippen molar-refractivity contribution in [2.45, 2.75) is 22.1 Å². The molecular formula is C8H12Cl2O3S. The van der Waals surface area contributed by atoms with Crippen LogP contribution >= 0.6 is 35.0 Å². The van der Waals surface area contributed by atoms with Gasteiger partial charge in [-0.15, -0.1) is 35.0 Å². The molecule has 0 radical (unpaired) electrons. The molecule has 0 bridgehead atoms. The van der Waals surface area contributed by atoms with Crippen molar-refractivity contribution in [3.63, 3.8) is 0 Å². The molecule has 0 N–H and O–H groups in total. The van der Waals surface area contributed by atoms with Gasteiger partial charge < -0.3 is 14.2 Å². The van der Waals surface area contributed by atoms with Crippen molar-refractivity contribution >= 4 is 35.0 Å². The number of halogens is 2. The monoisotopic (exact) mass is 258 g/mol. The molecule has 3 nitrogen and oxygen atoms in total. The second kappa shape index (κ2) is 5.23. The average molecular weight is 259 g/mol. The van der Waals surface area contributed by atoms with Gasteiger partial charge in [-0.2, -0.15) is 0 Å². The number of hydrogen-bond acceptors (Lipinski definition) is 4. The van der Waals surface area contributed by atoms with Gasteiger partial charge in [0.2, 0.25) is 0 Å². The fourth-order valence-electron chi connectivity index (χ4n) is 1.47. The number of alkyl halides is 2. The van der Waals surface area contributed by atoms with Gasteiger partial charge in [0.25, 0.3) is 0 Å². The molecule has 0 aliphatic carbocycles. The molecule has 2 heterocycles. The van der Waals surface area contributed by atoms with Gasteiger partial charge >= 0.3 is 0 Å². The van der Waals surface area contributed by atoms with E-state index in [-0.39, 0.29) is 22.1 Å². The fraction of sp³-hybridized carbons (Fsp3) is 1.00. The lowest BCUT2D eigenvalue weighted by Crippen LogP contribution is -2.37. The Hall–Kier alpha value is 0.810. The van der Waals surface area contributed by atoms with Crippen molar-refractivity contribution in [1.29, 1.82) is 0 Å². The Morgan fingerprint density at radius 3 is 2.57 bits per heavy atom. The maximum absolute atomic E-state index is 6.25. The molecule has 2 aliphatic heterocycles. The highest BCUT2D eigenvalue weighted by atomic mass is 35.5. The second-order valence-corrected chi connectivity index (χ2v) is 5.46. The summed E-state index contributed by atoms with van der Waals surface area (Å²) in [5.41, 5.74) is 0. The largest absolute Gasteiger partial charge is 0.370 e. The Morgan fingerprint density at radius 1 is 1.14 bits per heavy atom. The summed E-state index contributed by atoms with van der Waals surface area (Å²) >= 11 is 14.2. The standard InChI is InChI=1S/C8H12Cl2O3S/c9-7(5-1-11-3-13-5)8(10)6-2-12-4-14-6/h5-8H,1-4H2. The summed E-state index contributed by atoms with van der Waals surface area (Å²) < 4.78 is 15.6. The van der Waals surface area contributed by atoms with Crippen molar-refractivity contribution in [2.24, 2.45) is 0 Å².